The third-order valence-corrected chi connectivity index (χ3v) is 5.06. The molecule has 1 fully saturated rings. The van der Waals surface area contributed by atoms with Gasteiger partial charge in [-0.25, -0.2) is 4.98 Å². The van der Waals surface area contributed by atoms with Crippen LogP contribution in [0.3, 0.4) is 0 Å². The molecular weight excluding hydrogens is 230 g/mol. The molecule has 90 valence electrons. The fraction of sp³-hybridized carbons (Fsp3) is 0.462. The summed E-state index contributed by atoms with van der Waals surface area (Å²) in [4.78, 5) is 7.97. The molecule has 1 saturated carbocycles. The standard InChI is InChI=1S/C13H17N3S/c1-8-9(14)6-7-12(8)17-13-15-10-4-2-3-5-11(10)16-13/h2-5,8-9,12H,6-7,14H2,1H3,(H,15,16). The first-order valence-corrected chi connectivity index (χ1v) is 6.99. The molecule has 0 spiro atoms. The highest BCUT2D eigenvalue weighted by atomic mass is 32.2. The van der Waals surface area contributed by atoms with Crippen molar-refractivity contribution in [1.82, 2.24) is 9.97 Å². The van der Waals surface area contributed by atoms with Crippen LogP contribution in [0.2, 0.25) is 0 Å². The highest BCUT2D eigenvalue weighted by molar-refractivity contribution is 7.99. The van der Waals surface area contributed by atoms with Gasteiger partial charge in [-0.2, -0.15) is 0 Å². The van der Waals surface area contributed by atoms with E-state index in [-0.39, 0.29) is 0 Å². The van der Waals surface area contributed by atoms with Crippen molar-refractivity contribution in [1.29, 1.82) is 0 Å². The molecule has 1 aliphatic rings. The van der Waals surface area contributed by atoms with Gasteiger partial charge in [0.15, 0.2) is 5.16 Å². The van der Waals surface area contributed by atoms with Gasteiger partial charge in [-0.15, -0.1) is 0 Å². The van der Waals surface area contributed by atoms with Gasteiger partial charge >= 0.3 is 0 Å². The molecule has 3 atom stereocenters. The number of nitrogens with one attached hydrogen (secondary N) is 1. The number of nitrogens with zero attached hydrogens (tertiary/aromatic N) is 1. The van der Waals surface area contributed by atoms with E-state index in [1.165, 1.54) is 6.42 Å². The summed E-state index contributed by atoms with van der Waals surface area (Å²) in [6.45, 7) is 2.25. The highest BCUT2D eigenvalue weighted by Crippen LogP contribution is 2.37. The predicted octanol–water partition coefficient (Wildman–Crippen LogP) is 2.78. The maximum Gasteiger partial charge on any atom is 0.166 e. The van der Waals surface area contributed by atoms with Gasteiger partial charge in [0, 0.05) is 11.3 Å². The van der Waals surface area contributed by atoms with Gasteiger partial charge in [0.05, 0.1) is 11.0 Å². The number of imidazole rings is 1. The summed E-state index contributed by atoms with van der Waals surface area (Å²) in [5, 5.41) is 1.63. The molecule has 0 bridgehead atoms. The van der Waals surface area contributed by atoms with Crippen molar-refractivity contribution >= 4 is 22.8 Å². The minimum absolute atomic E-state index is 0.358. The van der Waals surface area contributed by atoms with Crippen LogP contribution in [0.25, 0.3) is 11.0 Å². The normalized spacial score (nSPS) is 28.9. The van der Waals surface area contributed by atoms with Gasteiger partial charge in [0.1, 0.15) is 0 Å². The molecule has 3 unspecified atom stereocenters. The Kier molecular flexibility index (Phi) is 2.84. The van der Waals surface area contributed by atoms with E-state index in [2.05, 4.69) is 23.0 Å². The van der Waals surface area contributed by atoms with Crippen LogP contribution in [0.1, 0.15) is 19.8 Å². The van der Waals surface area contributed by atoms with Gasteiger partial charge in [-0.3, -0.25) is 0 Å². The number of aromatic amines is 1. The number of hydrogen-bond acceptors (Lipinski definition) is 3. The van der Waals surface area contributed by atoms with E-state index in [4.69, 9.17) is 5.73 Å². The fourth-order valence-electron chi connectivity index (χ4n) is 2.45. The lowest BCUT2D eigenvalue weighted by Crippen LogP contribution is -2.26. The summed E-state index contributed by atoms with van der Waals surface area (Å²) in [7, 11) is 0. The zero-order valence-electron chi connectivity index (χ0n) is 9.89. The topological polar surface area (TPSA) is 54.7 Å². The molecule has 1 aromatic carbocycles. The molecule has 4 heteroatoms. The van der Waals surface area contributed by atoms with Gasteiger partial charge in [-0.1, -0.05) is 30.8 Å². The Balaban J connectivity index is 1.81. The van der Waals surface area contributed by atoms with Crippen LogP contribution in [-0.2, 0) is 0 Å². The molecule has 3 N–H and O–H groups in total. The minimum atomic E-state index is 0.358. The molecule has 1 heterocycles. The smallest absolute Gasteiger partial charge is 0.166 e. The number of rotatable bonds is 2. The van der Waals surface area contributed by atoms with Crippen molar-refractivity contribution in [3.63, 3.8) is 0 Å². The average molecular weight is 247 g/mol. The van der Waals surface area contributed by atoms with Crippen LogP contribution in [-0.4, -0.2) is 21.3 Å². The van der Waals surface area contributed by atoms with Gasteiger partial charge in [-0.05, 0) is 30.9 Å². The third-order valence-electron chi connectivity index (χ3n) is 3.68. The zero-order valence-corrected chi connectivity index (χ0v) is 10.7. The molecule has 0 saturated heterocycles. The van der Waals surface area contributed by atoms with Crippen molar-refractivity contribution in [3.05, 3.63) is 24.3 Å². The van der Waals surface area contributed by atoms with Crippen molar-refractivity contribution < 1.29 is 0 Å². The maximum absolute atomic E-state index is 6.05. The van der Waals surface area contributed by atoms with Gasteiger partial charge < -0.3 is 10.7 Å². The van der Waals surface area contributed by atoms with E-state index in [9.17, 15) is 0 Å². The highest BCUT2D eigenvalue weighted by Gasteiger charge is 2.31. The lowest BCUT2D eigenvalue weighted by Gasteiger charge is -2.15. The van der Waals surface area contributed by atoms with Crippen LogP contribution < -0.4 is 5.73 Å². The first-order valence-electron chi connectivity index (χ1n) is 6.11. The maximum atomic E-state index is 6.05. The van der Waals surface area contributed by atoms with E-state index >= 15 is 0 Å². The van der Waals surface area contributed by atoms with E-state index in [1.54, 1.807) is 0 Å². The van der Waals surface area contributed by atoms with Crippen molar-refractivity contribution in [2.45, 2.75) is 36.2 Å². The van der Waals surface area contributed by atoms with Crippen LogP contribution in [0.4, 0.5) is 0 Å². The summed E-state index contributed by atoms with van der Waals surface area (Å²) in [6, 6.07) is 8.52. The molecule has 0 amide bonds. The fourth-order valence-corrected chi connectivity index (χ4v) is 3.73. The quantitative estimate of drug-likeness (QED) is 0.858. The first-order chi connectivity index (χ1) is 8.24. The number of nitrogens with two attached hydrogens (primary N) is 1. The van der Waals surface area contributed by atoms with Gasteiger partial charge in [0.25, 0.3) is 0 Å². The lowest BCUT2D eigenvalue weighted by molar-refractivity contribution is 0.534. The molecule has 0 aliphatic heterocycles. The van der Waals surface area contributed by atoms with Gasteiger partial charge in [0.2, 0.25) is 0 Å². The van der Waals surface area contributed by atoms with Crippen LogP contribution in [0, 0.1) is 5.92 Å². The Morgan fingerprint density at radius 3 is 2.88 bits per heavy atom. The Bertz CT molecular complexity index is 489. The summed E-state index contributed by atoms with van der Waals surface area (Å²) in [6.07, 6.45) is 2.34. The molecule has 1 aromatic heterocycles. The van der Waals surface area contributed by atoms with Crippen LogP contribution in [0.5, 0.6) is 0 Å². The number of thioether (sulfide) groups is 1. The Hall–Kier alpha value is -1.00. The molecule has 0 radical (unpaired) electrons. The summed E-state index contributed by atoms with van der Waals surface area (Å²) >= 11 is 1.84. The number of H-pyrrole nitrogens is 1. The lowest BCUT2D eigenvalue weighted by atomic mass is 10.1. The number of benzene rings is 1. The number of para-hydroxylation sites is 2. The van der Waals surface area contributed by atoms with E-state index in [1.807, 2.05) is 30.0 Å². The van der Waals surface area contributed by atoms with Crippen molar-refractivity contribution in [2.24, 2.45) is 11.7 Å². The first kappa shape index (κ1) is 11.1. The number of aromatic nitrogens is 2. The molecular formula is C13H17N3S. The second-order valence-corrected chi connectivity index (χ2v) is 6.04. The minimum Gasteiger partial charge on any atom is -0.333 e. The monoisotopic (exact) mass is 247 g/mol. The molecule has 3 rings (SSSR count). The van der Waals surface area contributed by atoms with Crippen molar-refractivity contribution in [2.75, 3.05) is 0 Å². The Morgan fingerprint density at radius 2 is 2.18 bits per heavy atom. The summed E-state index contributed by atoms with van der Waals surface area (Å²) in [5.41, 5.74) is 8.22. The summed E-state index contributed by atoms with van der Waals surface area (Å²) in [5.74, 6) is 0.577. The molecule has 2 aromatic rings. The average Bonchev–Trinajstić information content (AvgIpc) is 2.87. The Morgan fingerprint density at radius 1 is 1.35 bits per heavy atom. The molecule has 3 nitrogen and oxygen atoms in total. The third kappa shape index (κ3) is 2.07. The van der Waals surface area contributed by atoms with E-state index in [0.29, 0.717) is 17.2 Å². The molecule has 1 aliphatic carbocycles. The predicted molar refractivity (Wildman–Crippen MR) is 72.1 cm³/mol. The van der Waals surface area contributed by atoms with Crippen molar-refractivity contribution in [3.8, 4) is 0 Å². The number of hydrogen-bond donors (Lipinski definition) is 2. The van der Waals surface area contributed by atoms with Crippen LogP contribution in [0.15, 0.2) is 29.4 Å². The number of fused-ring (bicyclic) bond motifs is 1. The van der Waals surface area contributed by atoms with E-state index < -0.39 is 0 Å². The zero-order chi connectivity index (χ0) is 11.8. The molecule has 17 heavy (non-hydrogen) atoms. The summed E-state index contributed by atoms with van der Waals surface area (Å²) < 4.78 is 0. The Labute approximate surface area is 105 Å². The largest absolute Gasteiger partial charge is 0.333 e. The second kappa shape index (κ2) is 4.35. The second-order valence-electron chi connectivity index (χ2n) is 4.82. The SMILES string of the molecule is CC1C(N)CCC1Sc1nc2ccccc2[nH]1. The van der Waals surface area contributed by atoms with Crippen LogP contribution >= 0.6 is 11.8 Å². The van der Waals surface area contributed by atoms with E-state index in [0.717, 1.165) is 22.6 Å².